The summed E-state index contributed by atoms with van der Waals surface area (Å²) in [6.07, 6.45) is 0.656. The SMILES string of the molecule is O=C1OCc2c(cc3n(c2=O)Cc2c-3nc3cc4c(cc3c2CCCCO)OCO4)[C@@H]1O. The Balaban J connectivity index is 1.59. The number of carbonyl (C=O) groups is 1. The predicted octanol–water partition coefficient (Wildman–Crippen LogP) is 1.56. The summed E-state index contributed by atoms with van der Waals surface area (Å²) in [5, 5.41) is 20.5. The van der Waals surface area contributed by atoms with Gasteiger partial charge in [-0.05, 0) is 37.0 Å². The predicted molar refractivity (Wildman–Crippen MR) is 111 cm³/mol. The van der Waals surface area contributed by atoms with Gasteiger partial charge in [-0.3, -0.25) is 4.79 Å². The van der Waals surface area contributed by atoms with E-state index in [1.54, 1.807) is 10.6 Å². The fourth-order valence-electron chi connectivity index (χ4n) is 4.80. The second-order valence-electron chi connectivity index (χ2n) is 8.19. The molecule has 32 heavy (non-hydrogen) atoms. The molecule has 0 aliphatic carbocycles. The normalized spacial score (nSPS) is 17.8. The van der Waals surface area contributed by atoms with Gasteiger partial charge in [-0.2, -0.15) is 0 Å². The van der Waals surface area contributed by atoms with Gasteiger partial charge < -0.3 is 29.0 Å². The van der Waals surface area contributed by atoms with E-state index in [4.69, 9.17) is 19.2 Å². The van der Waals surface area contributed by atoms with Crippen LogP contribution in [0.1, 0.15) is 41.2 Å². The standard InChI is InChI=1S/C23H20N2O7/c26-4-2-1-3-11-12-6-18-19(32-10-31-18)7-16(12)24-20-14(11)8-25-17(20)5-13-15(22(25)28)9-30-23(29)21(13)27/h5-7,21,26-27H,1-4,8-10H2/t21-/m0/s1. The van der Waals surface area contributed by atoms with Gasteiger partial charge in [0.2, 0.25) is 6.79 Å². The minimum absolute atomic E-state index is 0.107. The third-order valence-corrected chi connectivity index (χ3v) is 6.40. The molecular formula is C23H20N2O7. The topological polar surface area (TPSA) is 120 Å². The number of aryl methyl sites for hydroxylation is 1. The van der Waals surface area contributed by atoms with Crippen LogP contribution in [0.5, 0.6) is 11.5 Å². The Kier molecular flexibility index (Phi) is 4.24. The molecule has 0 amide bonds. The summed E-state index contributed by atoms with van der Waals surface area (Å²) in [6, 6.07) is 5.43. The molecule has 3 aliphatic heterocycles. The van der Waals surface area contributed by atoms with Gasteiger partial charge in [-0.25, -0.2) is 9.78 Å². The summed E-state index contributed by atoms with van der Waals surface area (Å²) in [5.74, 6) is 0.513. The number of hydrogen-bond donors (Lipinski definition) is 2. The minimum Gasteiger partial charge on any atom is -0.458 e. The summed E-state index contributed by atoms with van der Waals surface area (Å²) >= 11 is 0. The van der Waals surface area contributed by atoms with Gasteiger partial charge >= 0.3 is 5.97 Å². The van der Waals surface area contributed by atoms with E-state index in [-0.39, 0.29) is 31.1 Å². The van der Waals surface area contributed by atoms with Gasteiger partial charge in [-0.1, -0.05) is 0 Å². The molecule has 2 N–H and O–H groups in total. The van der Waals surface area contributed by atoms with Crippen molar-refractivity contribution in [1.29, 1.82) is 0 Å². The van der Waals surface area contributed by atoms with Crippen molar-refractivity contribution in [2.45, 2.75) is 38.5 Å². The zero-order chi connectivity index (χ0) is 22.0. The molecule has 6 rings (SSSR count). The summed E-state index contributed by atoms with van der Waals surface area (Å²) in [6.45, 7) is 0.451. The summed E-state index contributed by atoms with van der Waals surface area (Å²) < 4.78 is 17.7. The number of aromatic nitrogens is 2. The molecule has 0 unspecified atom stereocenters. The molecule has 0 saturated heterocycles. The molecule has 9 nitrogen and oxygen atoms in total. The van der Waals surface area contributed by atoms with E-state index in [1.165, 1.54) is 0 Å². The number of rotatable bonds is 4. The quantitative estimate of drug-likeness (QED) is 0.365. The molecule has 0 fully saturated rings. The average Bonchev–Trinajstić information content (AvgIpc) is 3.39. The van der Waals surface area contributed by atoms with E-state index < -0.39 is 12.1 Å². The number of benzene rings is 1. The van der Waals surface area contributed by atoms with Crippen LogP contribution in [0.2, 0.25) is 0 Å². The average molecular weight is 436 g/mol. The zero-order valence-corrected chi connectivity index (χ0v) is 17.1. The van der Waals surface area contributed by atoms with Gasteiger partial charge in [0, 0.05) is 29.2 Å². The number of aliphatic hydroxyl groups excluding tert-OH is 2. The van der Waals surface area contributed by atoms with Crippen LogP contribution in [0.15, 0.2) is 23.0 Å². The van der Waals surface area contributed by atoms with E-state index in [0.29, 0.717) is 53.4 Å². The minimum atomic E-state index is -1.49. The molecule has 164 valence electrons. The Morgan fingerprint density at radius 3 is 2.69 bits per heavy atom. The highest BCUT2D eigenvalue weighted by Gasteiger charge is 2.34. The van der Waals surface area contributed by atoms with Crippen molar-refractivity contribution >= 4 is 16.9 Å². The van der Waals surface area contributed by atoms with Gasteiger partial charge in [-0.15, -0.1) is 0 Å². The highest BCUT2D eigenvalue weighted by Crippen LogP contribution is 2.42. The molecular weight excluding hydrogens is 416 g/mol. The Morgan fingerprint density at radius 2 is 1.88 bits per heavy atom. The van der Waals surface area contributed by atoms with E-state index in [9.17, 15) is 19.8 Å². The van der Waals surface area contributed by atoms with Crippen LogP contribution in [0, 0.1) is 0 Å². The van der Waals surface area contributed by atoms with Crippen LogP contribution in [0.4, 0.5) is 0 Å². The van der Waals surface area contributed by atoms with Crippen molar-refractivity contribution in [3.05, 3.63) is 50.8 Å². The molecule has 0 spiro atoms. The number of cyclic esters (lactones) is 1. The number of carbonyl (C=O) groups excluding carboxylic acids is 1. The molecule has 1 aromatic carbocycles. The second kappa shape index (κ2) is 7.04. The maximum Gasteiger partial charge on any atom is 0.340 e. The first-order valence-electron chi connectivity index (χ1n) is 10.5. The highest BCUT2D eigenvalue weighted by atomic mass is 16.7. The number of fused-ring (bicyclic) bond motifs is 6. The first-order valence-corrected chi connectivity index (χ1v) is 10.5. The summed E-state index contributed by atoms with van der Waals surface area (Å²) in [7, 11) is 0. The van der Waals surface area contributed by atoms with Crippen molar-refractivity contribution in [1.82, 2.24) is 9.55 Å². The molecule has 9 heteroatoms. The van der Waals surface area contributed by atoms with Crippen molar-refractivity contribution in [2.75, 3.05) is 13.4 Å². The molecule has 3 aromatic rings. The van der Waals surface area contributed by atoms with E-state index >= 15 is 0 Å². The molecule has 3 aliphatic rings. The lowest BCUT2D eigenvalue weighted by Crippen LogP contribution is -2.32. The highest BCUT2D eigenvalue weighted by molar-refractivity contribution is 5.91. The van der Waals surface area contributed by atoms with Gasteiger partial charge in [0.05, 0.1) is 29.0 Å². The molecule has 2 aromatic heterocycles. The third kappa shape index (κ3) is 2.68. The van der Waals surface area contributed by atoms with Crippen molar-refractivity contribution in [3.8, 4) is 22.9 Å². The number of hydrogen-bond acceptors (Lipinski definition) is 8. The number of unbranched alkanes of at least 4 members (excludes halogenated alkanes) is 1. The molecule has 0 bridgehead atoms. The number of esters is 1. The lowest BCUT2D eigenvalue weighted by atomic mass is 9.95. The summed E-state index contributed by atoms with van der Waals surface area (Å²) in [5.41, 5.74) is 4.19. The van der Waals surface area contributed by atoms with Crippen molar-refractivity contribution in [2.24, 2.45) is 0 Å². The molecule has 1 atom stereocenters. The monoisotopic (exact) mass is 436 g/mol. The number of pyridine rings is 2. The Labute approximate surface area is 181 Å². The van der Waals surface area contributed by atoms with E-state index in [2.05, 4.69) is 0 Å². The van der Waals surface area contributed by atoms with E-state index in [1.807, 2.05) is 12.1 Å². The maximum atomic E-state index is 13.2. The smallest absolute Gasteiger partial charge is 0.340 e. The third-order valence-electron chi connectivity index (χ3n) is 6.40. The van der Waals surface area contributed by atoms with Crippen molar-refractivity contribution < 1.29 is 29.2 Å². The lowest BCUT2D eigenvalue weighted by Gasteiger charge is -2.21. The fourth-order valence-corrected chi connectivity index (χ4v) is 4.80. The van der Waals surface area contributed by atoms with Crippen LogP contribution in [-0.4, -0.2) is 39.1 Å². The van der Waals surface area contributed by atoms with Crippen LogP contribution in [0.25, 0.3) is 22.3 Å². The number of aliphatic hydroxyl groups is 2. The number of ether oxygens (including phenoxy) is 3. The number of nitrogens with zero attached hydrogens (tertiary/aromatic N) is 2. The van der Waals surface area contributed by atoms with Crippen LogP contribution in [0.3, 0.4) is 0 Å². The zero-order valence-electron chi connectivity index (χ0n) is 17.1. The van der Waals surface area contributed by atoms with Gasteiger partial charge in [0.1, 0.15) is 6.61 Å². The first kappa shape index (κ1) is 19.3. The Bertz CT molecular complexity index is 1360. The first-order chi connectivity index (χ1) is 15.6. The lowest BCUT2D eigenvalue weighted by molar-refractivity contribution is -0.157. The molecule has 5 heterocycles. The largest absolute Gasteiger partial charge is 0.458 e. The fraction of sp³-hybridized carbons (Fsp3) is 0.348. The molecule has 0 saturated carbocycles. The van der Waals surface area contributed by atoms with Crippen LogP contribution < -0.4 is 15.0 Å². The van der Waals surface area contributed by atoms with Gasteiger partial charge in [0.25, 0.3) is 5.56 Å². The Hall–Kier alpha value is -3.43. The van der Waals surface area contributed by atoms with E-state index in [0.717, 1.165) is 22.9 Å². The maximum absolute atomic E-state index is 13.2. The van der Waals surface area contributed by atoms with Crippen molar-refractivity contribution in [3.63, 3.8) is 0 Å². The second-order valence-corrected chi connectivity index (χ2v) is 8.19. The van der Waals surface area contributed by atoms with Gasteiger partial charge in [0.15, 0.2) is 17.6 Å². The summed E-state index contributed by atoms with van der Waals surface area (Å²) in [4.78, 5) is 29.9. The van der Waals surface area contributed by atoms with Crippen LogP contribution in [-0.2, 0) is 29.1 Å². The Morgan fingerprint density at radius 1 is 1.06 bits per heavy atom. The van der Waals surface area contributed by atoms with Crippen LogP contribution >= 0.6 is 0 Å². The molecule has 0 radical (unpaired) electrons.